The van der Waals surface area contributed by atoms with E-state index in [-0.39, 0.29) is 18.3 Å². The van der Waals surface area contributed by atoms with Crippen LogP contribution in [0.15, 0.2) is 59.0 Å². The molecule has 0 saturated heterocycles. The van der Waals surface area contributed by atoms with Crippen molar-refractivity contribution in [3.05, 3.63) is 83.1 Å². The minimum Gasteiger partial charge on any atom is -0.486 e. The highest BCUT2D eigenvalue weighted by molar-refractivity contribution is 6.05. The van der Waals surface area contributed by atoms with Crippen molar-refractivity contribution < 1.29 is 18.3 Å². The van der Waals surface area contributed by atoms with Gasteiger partial charge in [-0.15, -0.1) is 0 Å². The van der Waals surface area contributed by atoms with E-state index in [2.05, 4.69) is 6.07 Å². The van der Waals surface area contributed by atoms with Crippen LogP contribution in [0, 0.1) is 12.7 Å². The van der Waals surface area contributed by atoms with Crippen LogP contribution in [0.5, 0.6) is 5.75 Å². The number of carbonyl (C=O) groups excluding carboxylic acids is 1. The Morgan fingerprint density at radius 2 is 1.96 bits per heavy atom. The predicted molar refractivity (Wildman–Crippen MR) is 101 cm³/mol. The summed E-state index contributed by atoms with van der Waals surface area (Å²) in [7, 11) is 0. The minimum atomic E-state index is -0.315. The van der Waals surface area contributed by atoms with Gasteiger partial charge in [-0.3, -0.25) is 4.79 Å². The van der Waals surface area contributed by atoms with E-state index in [0.717, 1.165) is 24.1 Å². The number of ether oxygens (including phenoxy) is 1. The molecule has 0 saturated carbocycles. The fraction of sp³-hybridized carbons (Fsp3) is 0.227. The summed E-state index contributed by atoms with van der Waals surface area (Å²) < 4.78 is 24.2. The standard InChI is InChI=1S/C22H20FNO3/c1-15-4-2-5-16-6-3-13-24(21(15)16)22(25)20-12-11-19(27-20)14-26-18-9-7-17(23)8-10-18/h2,4-5,7-12H,3,6,13-14H2,1H3. The lowest BCUT2D eigenvalue weighted by atomic mass is 9.98. The highest BCUT2D eigenvalue weighted by atomic mass is 19.1. The fourth-order valence-electron chi connectivity index (χ4n) is 3.44. The summed E-state index contributed by atoms with van der Waals surface area (Å²) in [5.74, 6) is 0.929. The average Bonchev–Trinajstić information content (AvgIpc) is 3.16. The summed E-state index contributed by atoms with van der Waals surface area (Å²) in [5.41, 5.74) is 3.28. The van der Waals surface area contributed by atoms with E-state index in [1.807, 2.05) is 19.1 Å². The minimum absolute atomic E-state index is 0.140. The Labute approximate surface area is 157 Å². The number of anilines is 1. The third-order valence-corrected chi connectivity index (χ3v) is 4.73. The van der Waals surface area contributed by atoms with Gasteiger partial charge >= 0.3 is 0 Å². The van der Waals surface area contributed by atoms with Gasteiger partial charge in [0.2, 0.25) is 0 Å². The Hall–Kier alpha value is -3.08. The van der Waals surface area contributed by atoms with Gasteiger partial charge in [-0.1, -0.05) is 18.2 Å². The van der Waals surface area contributed by atoms with Gasteiger partial charge in [0.15, 0.2) is 5.76 Å². The summed E-state index contributed by atoms with van der Waals surface area (Å²) in [4.78, 5) is 14.8. The molecule has 0 fully saturated rings. The molecule has 27 heavy (non-hydrogen) atoms. The van der Waals surface area contributed by atoms with Crippen molar-refractivity contribution >= 4 is 11.6 Å². The van der Waals surface area contributed by atoms with Crippen LogP contribution in [0.25, 0.3) is 0 Å². The molecule has 2 aromatic carbocycles. The van der Waals surface area contributed by atoms with Gasteiger partial charge < -0.3 is 14.1 Å². The van der Waals surface area contributed by atoms with Crippen LogP contribution in [0.1, 0.15) is 33.9 Å². The normalized spacial score (nSPS) is 13.3. The molecule has 0 spiro atoms. The molecule has 0 N–H and O–H groups in total. The van der Waals surface area contributed by atoms with Gasteiger partial charge in [-0.05, 0) is 67.3 Å². The molecule has 5 heteroatoms. The van der Waals surface area contributed by atoms with Crippen molar-refractivity contribution in [2.45, 2.75) is 26.4 Å². The molecule has 0 radical (unpaired) electrons. The van der Waals surface area contributed by atoms with Gasteiger partial charge in [0, 0.05) is 6.54 Å². The van der Waals surface area contributed by atoms with Crippen molar-refractivity contribution in [1.82, 2.24) is 0 Å². The van der Waals surface area contributed by atoms with Crippen LogP contribution in [-0.2, 0) is 13.0 Å². The maximum atomic E-state index is 13.0. The topological polar surface area (TPSA) is 42.7 Å². The molecule has 1 amide bonds. The zero-order valence-electron chi connectivity index (χ0n) is 15.1. The van der Waals surface area contributed by atoms with Gasteiger partial charge in [0.05, 0.1) is 5.69 Å². The number of halogens is 1. The fourth-order valence-corrected chi connectivity index (χ4v) is 3.44. The molecule has 1 aliphatic rings. The van der Waals surface area contributed by atoms with E-state index in [9.17, 15) is 9.18 Å². The van der Waals surface area contributed by atoms with E-state index in [0.29, 0.717) is 23.8 Å². The lowest BCUT2D eigenvalue weighted by Crippen LogP contribution is -2.35. The van der Waals surface area contributed by atoms with Gasteiger partial charge in [0.25, 0.3) is 5.91 Å². The van der Waals surface area contributed by atoms with Gasteiger partial charge in [0.1, 0.15) is 23.9 Å². The summed E-state index contributed by atoms with van der Waals surface area (Å²) in [5, 5.41) is 0. The Bertz CT molecular complexity index is 962. The van der Waals surface area contributed by atoms with E-state index < -0.39 is 0 Å². The molecule has 0 aliphatic carbocycles. The van der Waals surface area contributed by atoms with Crippen molar-refractivity contribution in [2.24, 2.45) is 0 Å². The number of aryl methyl sites for hydroxylation is 2. The highest BCUT2D eigenvalue weighted by Gasteiger charge is 2.26. The molecule has 138 valence electrons. The van der Waals surface area contributed by atoms with Crippen LogP contribution in [0.2, 0.25) is 0 Å². The molecule has 3 aromatic rings. The van der Waals surface area contributed by atoms with Crippen LogP contribution < -0.4 is 9.64 Å². The Morgan fingerprint density at radius 3 is 2.78 bits per heavy atom. The monoisotopic (exact) mass is 365 g/mol. The number of nitrogens with zero attached hydrogens (tertiary/aromatic N) is 1. The lowest BCUT2D eigenvalue weighted by Gasteiger charge is -2.30. The zero-order valence-corrected chi connectivity index (χ0v) is 15.1. The van der Waals surface area contributed by atoms with Crippen LogP contribution >= 0.6 is 0 Å². The predicted octanol–water partition coefficient (Wildman–Crippen LogP) is 4.90. The number of benzene rings is 2. The van der Waals surface area contributed by atoms with E-state index >= 15 is 0 Å². The molecule has 2 heterocycles. The molecule has 1 aromatic heterocycles. The number of hydrogen-bond donors (Lipinski definition) is 0. The first kappa shape index (κ1) is 17.3. The van der Waals surface area contributed by atoms with Crippen molar-refractivity contribution in [1.29, 1.82) is 0 Å². The van der Waals surface area contributed by atoms with Crippen molar-refractivity contribution in [2.75, 3.05) is 11.4 Å². The number of carbonyl (C=O) groups is 1. The number of fused-ring (bicyclic) bond motifs is 1. The van der Waals surface area contributed by atoms with Crippen LogP contribution in [0.3, 0.4) is 0 Å². The number of hydrogen-bond acceptors (Lipinski definition) is 3. The van der Waals surface area contributed by atoms with Crippen molar-refractivity contribution in [3.8, 4) is 5.75 Å². The number of furan rings is 1. The van der Waals surface area contributed by atoms with Crippen molar-refractivity contribution in [3.63, 3.8) is 0 Å². The molecule has 0 unspecified atom stereocenters. The second-order valence-electron chi connectivity index (χ2n) is 6.65. The SMILES string of the molecule is Cc1cccc2c1N(C(=O)c1ccc(COc3ccc(F)cc3)o1)CCC2. The smallest absolute Gasteiger partial charge is 0.293 e. The third-order valence-electron chi connectivity index (χ3n) is 4.73. The molecule has 1 aliphatic heterocycles. The molecule has 4 rings (SSSR count). The van der Waals surface area contributed by atoms with Gasteiger partial charge in [-0.25, -0.2) is 4.39 Å². The number of rotatable bonds is 4. The maximum Gasteiger partial charge on any atom is 0.293 e. The summed E-state index contributed by atoms with van der Waals surface area (Å²) >= 11 is 0. The van der Waals surface area contributed by atoms with E-state index in [1.54, 1.807) is 29.2 Å². The number of amides is 1. The number of para-hydroxylation sites is 1. The molecular weight excluding hydrogens is 345 g/mol. The van der Waals surface area contributed by atoms with E-state index in [4.69, 9.17) is 9.15 Å². The first-order valence-corrected chi connectivity index (χ1v) is 8.99. The molecular formula is C22H20FNO3. The lowest BCUT2D eigenvalue weighted by molar-refractivity contribution is 0.0954. The van der Waals surface area contributed by atoms with Crippen LogP contribution in [-0.4, -0.2) is 12.5 Å². The Morgan fingerprint density at radius 1 is 1.15 bits per heavy atom. The Kier molecular flexibility index (Phi) is 4.67. The molecule has 0 atom stereocenters. The zero-order chi connectivity index (χ0) is 18.8. The van der Waals surface area contributed by atoms with Gasteiger partial charge in [-0.2, -0.15) is 0 Å². The Balaban J connectivity index is 1.49. The average molecular weight is 365 g/mol. The molecule has 0 bridgehead atoms. The second kappa shape index (κ2) is 7.27. The maximum absolute atomic E-state index is 13.0. The highest BCUT2D eigenvalue weighted by Crippen LogP contribution is 2.32. The molecule has 4 nitrogen and oxygen atoms in total. The van der Waals surface area contributed by atoms with Crippen LogP contribution in [0.4, 0.5) is 10.1 Å². The second-order valence-corrected chi connectivity index (χ2v) is 6.65. The summed E-state index contributed by atoms with van der Waals surface area (Å²) in [6.07, 6.45) is 1.92. The first-order valence-electron chi connectivity index (χ1n) is 8.99. The summed E-state index contributed by atoms with van der Waals surface area (Å²) in [6, 6.07) is 15.3. The largest absolute Gasteiger partial charge is 0.486 e. The quantitative estimate of drug-likeness (QED) is 0.660. The summed E-state index contributed by atoms with van der Waals surface area (Å²) in [6.45, 7) is 2.88. The van der Waals surface area contributed by atoms with E-state index in [1.165, 1.54) is 17.7 Å². The first-order chi connectivity index (χ1) is 13.1. The third kappa shape index (κ3) is 3.58.